The fourth-order valence-electron chi connectivity index (χ4n) is 2.59. The molecule has 1 amide bonds. The van der Waals surface area contributed by atoms with Crippen molar-refractivity contribution < 1.29 is 23.9 Å². The van der Waals surface area contributed by atoms with Crippen LogP contribution in [-0.4, -0.2) is 44.1 Å². The van der Waals surface area contributed by atoms with Gasteiger partial charge in [0.1, 0.15) is 5.75 Å². The lowest BCUT2D eigenvalue weighted by Crippen LogP contribution is -2.27. The number of carbonyl (C=O) groups is 1. The van der Waals surface area contributed by atoms with Gasteiger partial charge in [0.15, 0.2) is 11.5 Å². The normalized spacial score (nSPS) is 10.2. The first kappa shape index (κ1) is 19.0. The molecule has 0 saturated carbocycles. The standard InChI is InChI=1S/C18H20N2O6/c1-19(11-12-6-5-7-16(25-3)17(12)26-4)18(21)14-10-13(20(22)23)8-9-15(14)24-2/h5-10H,11H2,1-4H3. The van der Waals surface area contributed by atoms with E-state index in [0.29, 0.717) is 11.5 Å². The summed E-state index contributed by atoms with van der Waals surface area (Å²) >= 11 is 0. The van der Waals surface area contributed by atoms with Gasteiger partial charge in [0.2, 0.25) is 0 Å². The largest absolute Gasteiger partial charge is 0.496 e. The lowest BCUT2D eigenvalue weighted by molar-refractivity contribution is -0.384. The van der Waals surface area contributed by atoms with Crippen molar-refractivity contribution in [2.75, 3.05) is 28.4 Å². The van der Waals surface area contributed by atoms with Crippen LogP contribution in [0, 0.1) is 10.1 Å². The molecule has 0 aliphatic rings. The maximum Gasteiger partial charge on any atom is 0.270 e. The molecule has 138 valence electrons. The van der Waals surface area contributed by atoms with E-state index < -0.39 is 10.8 Å². The van der Waals surface area contributed by atoms with Crippen molar-refractivity contribution >= 4 is 11.6 Å². The van der Waals surface area contributed by atoms with Crippen LogP contribution in [0.5, 0.6) is 17.2 Å². The first-order valence-corrected chi connectivity index (χ1v) is 7.70. The highest BCUT2D eigenvalue weighted by Gasteiger charge is 2.22. The van der Waals surface area contributed by atoms with Crippen LogP contribution in [-0.2, 0) is 6.54 Å². The molecule has 0 saturated heterocycles. The summed E-state index contributed by atoms with van der Waals surface area (Å²) in [4.78, 5) is 24.7. The number of nitrogens with zero attached hydrogens (tertiary/aromatic N) is 2. The second-order valence-corrected chi connectivity index (χ2v) is 5.46. The minimum Gasteiger partial charge on any atom is -0.496 e. The fourth-order valence-corrected chi connectivity index (χ4v) is 2.59. The smallest absolute Gasteiger partial charge is 0.270 e. The SMILES string of the molecule is COc1ccc([N+](=O)[O-])cc1C(=O)N(C)Cc1cccc(OC)c1OC. The van der Waals surface area contributed by atoms with Gasteiger partial charge in [-0.05, 0) is 12.1 Å². The van der Waals surface area contributed by atoms with Crippen LogP contribution in [0.3, 0.4) is 0 Å². The van der Waals surface area contributed by atoms with Crippen molar-refractivity contribution in [3.05, 3.63) is 57.6 Å². The lowest BCUT2D eigenvalue weighted by atomic mass is 10.1. The number of benzene rings is 2. The number of ether oxygens (including phenoxy) is 3. The van der Waals surface area contributed by atoms with E-state index in [1.165, 1.54) is 44.4 Å². The fraction of sp³-hybridized carbons (Fsp3) is 0.278. The van der Waals surface area contributed by atoms with E-state index in [1.807, 2.05) is 6.07 Å². The van der Waals surface area contributed by atoms with Crippen LogP contribution in [0.4, 0.5) is 5.69 Å². The molecule has 8 nitrogen and oxygen atoms in total. The number of hydrogen-bond donors (Lipinski definition) is 0. The molecule has 0 aliphatic heterocycles. The number of hydrogen-bond acceptors (Lipinski definition) is 6. The van der Waals surface area contributed by atoms with Gasteiger partial charge < -0.3 is 19.1 Å². The Morgan fingerprint density at radius 3 is 2.35 bits per heavy atom. The predicted octanol–water partition coefficient (Wildman–Crippen LogP) is 2.89. The Kier molecular flexibility index (Phi) is 6.00. The van der Waals surface area contributed by atoms with Crippen LogP contribution < -0.4 is 14.2 Å². The van der Waals surface area contributed by atoms with Gasteiger partial charge in [-0.3, -0.25) is 14.9 Å². The molecule has 0 spiro atoms. The molecular formula is C18H20N2O6. The summed E-state index contributed by atoms with van der Waals surface area (Å²) in [6.45, 7) is 0.227. The number of rotatable bonds is 7. The van der Waals surface area contributed by atoms with Crippen LogP contribution in [0.15, 0.2) is 36.4 Å². The molecule has 2 aromatic carbocycles. The molecule has 0 atom stereocenters. The third kappa shape index (κ3) is 3.85. The van der Waals surface area contributed by atoms with E-state index in [2.05, 4.69) is 0 Å². The molecule has 0 bridgehead atoms. The average molecular weight is 360 g/mol. The summed E-state index contributed by atoms with van der Waals surface area (Å²) in [6, 6.07) is 9.28. The zero-order valence-corrected chi connectivity index (χ0v) is 15.0. The summed E-state index contributed by atoms with van der Waals surface area (Å²) in [5, 5.41) is 11.0. The van der Waals surface area contributed by atoms with Crippen molar-refractivity contribution in [3.8, 4) is 17.2 Å². The van der Waals surface area contributed by atoms with Gasteiger partial charge in [0.05, 0.1) is 31.8 Å². The molecule has 0 fully saturated rings. The van der Waals surface area contributed by atoms with Gasteiger partial charge in [-0.15, -0.1) is 0 Å². The van der Waals surface area contributed by atoms with Crippen molar-refractivity contribution in [2.24, 2.45) is 0 Å². The molecule has 2 aromatic rings. The number of nitro benzene ring substituents is 1. The van der Waals surface area contributed by atoms with E-state index in [4.69, 9.17) is 14.2 Å². The van der Waals surface area contributed by atoms with Gasteiger partial charge >= 0.3 is 0 Å². The quantitative estimate of drug-likeness (QED) is 0.557. The second-order valence-electron chi connectivity index (χ2n) is 5.46. The van der Waals surface area contributed by atoms with E-state index in [-0.39, 0.29) is 23.5 Å². The molecule has 0 aromatic heterocycles. The van der Waals surface area contributed by atoms with Crippen LogP contribution in [0.1, 0.15) is 15.9 Å². The number of methoxy groups -OCH3 is 3. The summed E-state index contributed by atoms with van der Waals surface area (Å²) < 4.78 is 15.8. The highest BCUT2D eigenvalue weighted by atomic mass is 16.6. The van der Waals surface area contributed by atoms with Crippen LogP contribution >= 0.6 is 0 Å². The van der Waals surface area contributed by atoms with Crippen molar-refractivity contribution in [2.45, 2.75) is 6.54 Å². The monoisotopic (exact) mass is 360 g/mol. The van der Waals surface area contributed by atoms with E-state index in [1.54, 1.807) is 19.2 Å². The van der Waals surface area contributed by atoms with E-state index in [9.17, 15) is 14.9 Å². The Bertz CT molecular complexity index is 821. The van der Waals surface area contributed by atoms with Gasteiger partial charge in [0, 0.05) is 31.3 Å². The average Bonchev–Trinajstić information content (AvgIpc) is 2.66. The number of para-hydroxylation sites is 1. The number of non-ortho nitro benzene ring substituents is 1. The van der Waals surface area contributed by atoms with Crippen molar-refractivity contribution in [1.82, 2.24) is 4.90 Å². The Labute approximate surface area is 151 Å². The molecule has 2 rings (SSSR count). The Morgan fingerprint density at radius 1 is 1.08 bits per heavy atom. The van der Waals surface area contributed by atoms with Gasteiger partial charge in [-0.1, -0.05) is 12.1 Å². The second kappa shape index (κ2) is 8.19. The minimum absolute atomic E-state index is 0.117. The molecular weight excluding hydrogens is 340 g/mol. The highest BCUT2D eigenvalue weighted by molar-refractivity contribution is 5.97. The topological polar surface area (TPSA) is 91.1 Å². The number of carbonyl (C=O) groups excluding carboxylic acids is 1. The number of amides is 1. The Morgan fingerprint density at radius 2 is 1.77 bits per heavy atom. The third-order valence-corrected chi connectivity index (χ3v) is 3.86. The van der Waals surface area contributed by atoms with Gasteiger partial charge in [-0.2, -0.15) is 0 Å². The molecule has 0 N–H and O–H groups in total. The molecule has 0 unspecified atom stereocenters. The Hall–Kier alpha value is -3.29. The van der Waals surface area contributed by atoms with Gasteiger partial charge in [0.25, 0.3) is 11.6 Å². The Balaban J connectivity index is 2.34. The zero-order valence-electron chi connectivity index (χ0n) is 15.0. The molecule has 26 heavy (non-hydrogen) atoms. The maximum absolute atomic E-state index is 12.8. The van der Waals surface area contributed by atoms with Gasteiger partial charge in [-0.25, -0.2) is 0 Å². The minimum atomic E-state index is -0.554. The molecule has 8 heteroatoms. The summed E-state index contributed by atoms with van der Waals surface area (Å²) in [7, 11) is 6.06. The predicted molar refractivity (Wildman–Crippen MR) is 95.0 cm³/mol. The molecule has 0 radical (unpaired) electrons. The summed E-state index contributed by atoms with van der Waals surface area (Å²) in [5.74, 6) is 0.944. The van der Waals surface area contributed by atoms with Crippen LogP contribution in [0.2, 0.25) is 0 Å². The van der Waals surface area contributed by atoms with E-state index in [0.717, 1.165) is 5.56 Å². The zero-order chi connectivity index (χ0) is 19.3. The molecule has 0 heterocycles. The van der Waals surface area contributed by atoms with Crippen molar-refractivity contribution in [3.63, 3.8) is 0 Å². The first-order valence-electron chi connectivity index (χ1n) is 7.70. The third-order valence-electron chi connectivity index (χ3n) is 3.86. The summed E-state index contributed by atoms with van der Waals surface area (Å²) in [6.07, 6.45) is 0. The summed E-state index contributed by atoms with van der Waals surface area (Å²) in [5.41, 5.74) is 0.680. The highest BCUT2D eigenvalue weighted by Crippen LogP contribution is 2.32. The molecule has 0 aliphatic carbocycles. The van der Waals surface area contributed by atoms with Crippen molar-refractivity contribution in [1.29, 1.82) is 0 Å². The van der Waals surface area contributed by atoms with E-state index >= 15 is 0 Å². The first-order chi connectivity index (χ1) is 12.4. The maximum atomic E-state index is 12.8. The number of nitro groups is 1. The lowest BCUT2D eigenvalue weighted by Gasteiger charge is -2.20. The van der Waals surface area contributed by atoms with Crippen LogP contribution in [0.25, 0.3) is 0 Å².